The zero-order chi connectivity index (χ0) is 24.4. The van der Waals surface area contributed by atoms with Crippen LogP contribution in [-0.2, 0) is 6.54 Å². The molecule has 2 aromatic carbocycles. The van der Waals surface area contributed by atoms with Gasteiger partial charge in [-0.1, -0.05) is 30.3 Å². The lowest BCUT2D eigenvalue weighted by atomic mass is 9.99. The van der Waals surface area contributed by atoms with Gasteiger partial charge in [-0.25, -0.2) is 9.83 Å². The van der Waals surface area contributed by atoms with Crippen molar-refractivity contribution in [3.8, 4) is 22.4 Å². The SMILES string of the molecule is [C-]#[N+]c1ccc(-c2nc(N3CCC(NC)CC3)[nH]c(=O)c2-c2ccc3nn(CCO)cc3c2)cc1. The van der Waals surface area contributed by atoms with Gasteiger partial charge in [0.25, 0.3) is 5.56 Å². The highest BCUT2D eigenvalue weighted by Gasteiger charge is 2.23. The van der Waals surface area contributed by atoms with Crippen LogP contribution in [0.2, 0.25) is 0 Å². The quantitative estimate of drug-likeness (QED) is 0.375. The number of aliphatic hydroxyl groups is 1. The van der Waals surface area contributed by atoms with Gasteiger partial charge in [0, 0.05) is 30.7 Å². The first kappa shape index (κ1) is 22.8. The Morgan fingerprint density at radius 1 is 1.17 bits per heavy atom. The van der Waals surface area contributed by atoms with Crippen LogP contribution in [0.4, 0.5) is 11.6 Å². The average Bonchev–Trinajstić information content (AvgIpc) is 3.30. The average molecular weight is 470 g/mol. The van der Waals surface area contributed by atoms with Gasteiger partial charge in [0.15, 0.2) is 5.69 Å². The molecule has 1 aliphatic rings. The molecular weight excluding hydrogens is 442 g/mol. The van der Waals surface area contributed by atoms with Crippen LogP contribution in [0.3, 0.4) is 0 Å². The van der Waals surface area contributed by atoms with Gasteiger partial charge in [0.2, 0.25) is 5.95 Å². The molecule has 0 amide bonds. The number of anilines is 1. The van der Waals surface area contributed by atoms with E-state index in [1.54, 1.807) is 16.8 Å². The molecular formula is C26H27N7O2. The summed E-state index contributed by atoms with van der Waals surface area (Å²) in [5.41, 5.74) is 3.69. The molecule has 0 bridgehead atoms. The summed E-state index contributed by atoms with van der Waals surface area (Å²) >= 11 is 0. The predicted molar refractivity (Wildman–Crippen MR) is 137 cm³/mol. The van der Waals surface area contributed by atoms with Crippen molar-refractivity contribution in [2.45, 2.75) is 25.4 Å². The van der Waals surface area contributed by atoms with Gasteiger partial charge in [-0.3, -0.25) is 14.5 Å². The summed E-state index contributed by atoms with van der Waals surface area (Å²) in [6.45, 7) is 9.28. The first-order valence-electron chi connectivity index (χ1n) is 11.7. The third-order valence-corrected chi connectivity index (χ3v) is 6.55. The van der Waals surface area contributed by atoms with Crippen LogP contribution in [0.25, 0.3) is 38.1 Å². The van der Waals surface area contributed by atoms with Crippen molar-refractivity contribution in [1.82, 2.24) is 25.1 Å². The maximum Gasteiger partial charge on any atom is 0.260 e. The van der Waals surface area contributed by atoms with E-state index >= 15 is 0 Å². The highest BCUT2D eigenvalue weighted by Crippen LogP contribution is 2.32. The fourth-order valence-corrected chi connectivity index (χ4v) is 4.61. The van der Waals surface area contributed by atoms with Crippen molar-refractivity contribution in [2.75, 3.05) is 31.6 Å². The summed E-state index contributed by atoms with van der Waals surface area (Å²) in [6, 6.07) is 13.3. The lowest BCUT2D eigenvalue weighted by Gasteiger charge is -2.32. The molecule has 1 aliphatic heterocycles. The molecule has 0 unspecified atom stereocenters. The number of nitrogens with one attached hydrogen (secondary N) is 2. The Hall–Kier alpha value is -4.00. The Kier molecular flexibility index (Phi) is 6.31. The summed E-state index contributed by atoms with van der Waals surface area (Å²) in [5.74, 6) is 0.564. The number of hydrogen-bond donors (Lipinski definition) is 3. The number of fused-ring (bicyclic) bond motifs is 1. The topological polar surface area (TPSA) is 103 Å². The molecule has 1 fully saturated rings. The van der Waals surface area contributed by atoms with Crippen molar-refractivity contribution in [3.63, 3.8) is 0 Å². The van der Waals surface area contributed by atoms with Gasteiger partial charge in [-0.2, -0.15) is 5.10 Å². The molecule has 3 N–H and O–H groups in total. The van der Waals surface area contributed by atoms with E-state index in [9.17, 15) is 9.90 Å². The summed E-state index contributed by atoms with van der Waals surface area (Å²) in [7, 11) is 1.98. The van der Waals surface area contributed by atoms with Crippen molar-refractivity contribution in [3.05, 3.63) is 70.4 Å². The minimum atomic E-state index is -0.211. The minimum absolute atomic E-state index is 0.00219. The number of H-pyrrole nitrogens is 1. The lowest BCUT2D eigenvalue weighted by Crippen LogP contribution is -2.42. The van der Waals surface area contributed by atoms with Crippen LogP contribution in [-0.4, -0.2) is 57.6 Å². The van der Waals surface area contributed by atoms with Crippen molar-refractivity contribution in [1.29, 1.82) is 0 Å². The van der Waals surface area contributed by atoms with Gasteiger partial charge in [-0.05, 0) is 43.1 Å². The Bertz CT molecular complexity index is 1440. The Morgan fingerprint density at radius 2 is 1.91 bits per heavy atom. The van der Waals surface area contributed by atoms with Crippen LogP contribution >= 0.6 is 0 Å². The van der Waals surface area contributed by atoms with Crippen LogP contribution < -0.4 is 15.8 Å². The molecule has 3 heterocycles. The number of aromatic nitrogens is 4. The fraction of sp³-hybridized carbons (Fsp3) is 0.308. The molecule has 0 atom stereocenters. The zero-order valence-electron chi connectivity index (χ0n) is 19.5. The number of nitrogens with zero attached hydrogens (tertiary/aromatic N) is 5. The Morgan fingerprint density at radius 3 is 2.60 bits per heavy atom. The molecule has 1 saturated heterocycles. The van der Waals surface area contributed by atoms with E-state index in [1.165, 1.54) is 0 Å². The van der Waals surface area contributed by atoms with Crippen molar-refractivity contribution < 1.29 is 5.11 Å². The van der Waals surface area contributed by atoms with E-state index in [4.69, 9.17) is 11.6 Å². The van der Waals surface area contributed by atoms with E-state index in [2.05, 4.69) is 25.1 Å². The molecule has 0 spiro atoms. The number of aromatic amines is 1. The highest BCUT2D eigenvalue weighted by molar-refractivity contribution is 5.88. The van der Waals surface area contributed by atoms with Gasteiger partial charge in [0.05, 0.1) is 36.5 Å². The summed E-state index contributed by atoms with van der Waals surface area (Å²) in [6.07, 6.45) is 3.82. The Balaban J connectivity index is 1.62. The Labute approximate surface area is 202 Å². The van der Waals surface area contributed by atoms with Crippen LogP contribution in [0, 0.1) is 6.57 Å². The first-order valence-corrected chi connectivity index (χ1v) is 11.7. The number of aliphatic hydroxyl groups excluding tert-OH is 1. The molecule has 2 aromatic heterocycles. The smallest absolute Gasteiger partial charge is 0.260 e. The maximum absolute atomic E-state index is 13.5. The predicted octanol–water partition coefficient (Wildman–Crippen LogP) is 3.18. The fourth-order valence-electron chi connectivity index (χ4n) is 4.61. The monoisotopic (exact) mass is 469 g/mol. The third-order valence-electron chi connectivity index (χ3n) is 6.55. The first-order chi connectivity index (χ1) is 17.1. The highest BCUT2D eigenvalue weighted by atomic mass is 16.3. The summed E-state index contributed by atoms with van der Waals surface area (Å²) in [4.78, 5) is 27.1. The summed E-state index contributed by atoms with van der Waals surface area (Å²) < 4.78 is 1.69. The van der Waals surface area contributed by atoms with E-state index < -0.39 is 0 Å². The second-order valence-electron chi connectivity index (χ2n) is 8.71. The number of piperidine rings is 1. The van der Waals surface area contributed by atoms with E-state index in [-0.39, 0.29) is 12.2 Å². The molecule has 0 radical (unpaired) electrons. The molecule has 0 saturated carbocycles. The van der Waals surface area contributed by atoms with E-state index in [1.807, 2.05) is 43.6 Å². The second kappa shape index (κ2) is 9.70. The molecule has 4 aromatic rings. The van der Waals surface area contributed by atoms with Crippen molar-refractivity contribution >= 4 is 22.5 Å². The largest absolute Gasteiger partial charge is 0.394 e. The third kappa shape index (κ3) is 4.54. The lowest BCUT2D eigenvalue weighted by molar-refractivity contribution is 0.270. The van der Waals surface area contributed by atoms with Gasteiger partial charge >= 0.3 is 0 Å². The molecule has 9 heteroatoms. The number of rotatable bonds is 6. The number of hydrogen-bond acceptors (Lipinski definition) is 6. The van der Waals surface area contributed by atoms with Gasteiger partial charge < -0.3 is 15.3 Å². The summed E-state index contributed by atoms with van der Waals surface area (Å²) in [5, 5.41) is 17.9. The van der Waals surface area contributed by atoms with Crippen LogP contribution in [0.15, 0.2) is 53.5 Å². The van der Waals surface area contributed by atoms with Crippen LogP contribution in [0.1, 0.15) is 12.8 Å². The number of benzene rings is 2. The van der Waals surface area contributed by atoms with Crippen LogP contribution in [0.5, 0.6) is 0 Å². The standard InChI is InChI=1S/C26H27N7O2/c1-27-20-6-3-17(4-7-20)24-23(18-5-8-22-19(15-18)16-33(31-22)13-14-34)25(35)30-26(29-24)32-11-9-21(28-2)10-12-32/h3-8,15-16,21,28,34H,9-14H2,2H3,(H,29,30,35). The van der Waals surface area contributed by atoms with Crippen molar-refractivity contribution in [2.24, 2.45) is 0 Å². The van der Waals surface area contributed by atoms with E-state index in [0.717, 1.165) is 48.0 Å². The molecule has 5 rings (SSSR count). The zero-order valence-corrected chi connectivity index (χ0v) is 19.5. The molecule has 9 nitrogen and oxygen atoms in total. The van der Waals surface area contributed by atoms with Gasteiger partial charge in [0.1, 0.15) is 0 Å². The van der Waals surface area contributed by atoms with Gasteiger partial charge in [-0.15, -0.1) is 0 Å². The second-order valence-corrected chi connectivity index (χ2v) is 8.71. The van der Waals surface area contributed by atoms with E-state index in [0.29, 0.717) is 35.5 Å². The maximum atomic E-state index is 13.5. The minimum Gasteiger partial charge on any atom is -0.394 e. The molecule has 178 valence electrons. The normalized spacial score (nSPS) is 14.4. The molecule has 35 heavy (non-hydrogen) atoms. The molecule has 0 aliphatic carbocycles.